The van der Waals surface area contributed by atoms with Crippen LogP contribution in [0.15, 0.2) is 0 Å². The SMILES string of the molecule is CC#CCCNC(=O)N[C@H](CCSC)C(=O)O. The highest BCUT2D eigenvalue weighted by atomic mass is 32.2. The second-order valence-electron chi connectivity index (χ2n) is 3.25. The first-order valence-corrected chi connectivity index (χ1v) is 6.67. The van der Waals surface area contributed by atoms with Gasteiger partial charge < -0.3 is 15.7 Å². The van der Waals surface area contributed by atoms with Crippen molar-refractivity contribution in [3.05, 3.63) is 0 Å². The number of carboxylic acids is 1. The van der Waals surface area contributed by atoms with Crippen LogP contribution in [-0.2, 0) is 4.79 Å². The van der Waals surface area contributed by atoms with Crippen molar-refractivity contribution in [3.8, 4) is 11.8 Å². The van der Waals surface area contributed by atoms with Crippen LogP contribution in [0.3, 0.4) is 0 Å². The Labute approximate surface area is 106 Å². The number of hydrogen-bond acceptors (Lipinski definition) is 3. The summed E-state index contributed by atoms with van der Waals surface area (Å²) < 4.78 is 0. The van der Waals surface area contributed by atoms with Gasteiger partial charge in [-0.2, -0.15) is 11.8 Å². The largest absolute Gasteiger partial charge is 0.480 e. The predicted octanol–water partition coefficient (Wildman–Crippen LogP) is 0.905. The van der Waals surface area contributed by atoms with Crippen LogP contribution in [0.5, 0.6) is 0 Å². The fourth-order valence-electron chi connectivity index (χ4n) is 1.07. The first-order valence-electron chi connectivity index (χ1n) is 5.27. The van der Waals surface area contributed by atoms with E-state index in [1.54, 1.807) is 18.7 Å². The highest BCUT2D eigenvalue weighted by Crippen LogP contribution is 2.00. The zero-order valence-corrected chi connectivity index (χ0v) is 10.9. The molecule has 0 fully saturated rings. The molecule has 17 heavy (non-hydrogen) atoms. The normalized spacial score (nSPS) is 10.9. The van der Waals surface area contributed by atoms with Crippen molar-refractivity contribution in [2.24, 2.45) is 0 Å². The summed E-state index contributed by atoms with van der Waals surface area (Å²) in [6.07, 6.45) is 2.87. The van der Waals surface area contributed by atoms with E-state index in [1.807, 2.05) is 6.26 Å². The van der Waals surface area contributed by atoms with E-state index >= 15 is 0 Å². The van der Waals surface area contributed by atoms with Gasteiger partial charge in [0.2, 0.25) is 0 Å². The van der Waals surface area contributed by atoms with Gasteiger partial charge in [0, 0.05) is 13.0 Å². The molecule has 0 spiro atoms. The average Bonchev–Trinajstić information content (AvgIpc) is 2.29. The monoisotopic (exact) mass is 258 g/mol. The maximum absolute atomic E-state index is 11.3. The van der Waals surface area contributed by atoms with Gasteiger partial charge in [-0.15, -0.1) is 11.8 Å². The lowest BCUT2D eigenvalue weighted by molar-refractivity contribution is -0.139. The highest BCUT2D eigenvalue weighted by molar-refractivity contribution is 7.98. The summed E-state index contributed by atoms with van der Waals surface area (Å²) in [5.74, 6) is 5.19. The second kappa shape index (κ2) is 9.85. The van der Waals surface area contributed by atoms with Crippen molar-refractivity contribution >= 4 is 23.8 Å². The molecule has 0 radical (unpaired) electrons. The number of carbonyl (C=O) groups is 2. The number of rotatable bonds is 7. The van der Waals surface area contributed by atoms with Crippen molar-refractivity contribution in [2.75, 3.05) is 18.6 Å². The van der Waals surface area contributed by atoms with Crippen LogP contribution >= 0.6 is 11.8 Å². The quantitative estimate of drug-likeness (QED) is 0.468. The maximum Gasteiger partial charge on any atom is 0.326 e. The summed E-state index contributed by atoms with van der Waals surface area (Å²) in [5.41, 5.74) is 0. The van der Waals surface area contributed by atoms with Crippen LogP contribution in [0.4, 0.5) is 4.79 Å². The van der Waals surface area contributed by atoms with Gasteiger partial charge in [-0.1, -0.05) is 0 Å². The Morgan fingerprint density at radius 3 is 2.71 bits per heavy atom. The minimum atomic E-state index is -1.01. The van der Waals surface area contributed by atoms with Crippen LogP contribution in [0, 0.1) is 11.8 Å². The van der Waals surface area contributed by atoms with Crippen LogP contribution in [-0.4, -0.2) is 41.7 Å². The molecule has 0 aromatic rings. The topological polar surface area (TPSA) is 78.4 Å². The van der Waals surface area contributed by atoms with E-state index in [9.17, 15) is 9.59 Å². The molecule has 0 aromatic carbocycles. The minimum Gasteiger partial charge on any atom is -0.480 e. The number of amides is 2. The summed E-state index contributed by atoms with van der Waals surface area (Å²) >= 11 is 1.55. The van der Waals surface area contributed by atoms with Crippen molar-refractivity contribution in [2.45, 2.75) is 25.8 Å². The summed E-state index contributed by atoms with van der Waals surface area (Å²) in [4.78, 5) is 22.2. The molecule has 0 aliphatic rings. The molecule has 2 amide bonds. The van der Waals surface area contributed by atoms with E-state index in [-0.39, 0.29) is 0 Å². The van der Waals surface area contributed by atoms with E-state index < -0.39 is 18.0 Å². The summed E-state index contributed by atoms with van der Waals surface area (Å²) in [6, 6.07) is -1.30. The fraction of sp³-hybridized carbons (Fsp3) is 0.636. The molecular formula is C11H18N2O3S. The molecule has 0 aromatic heterocycles. The molecule has 3 N–H and O–H groups in total. The third kappa shape index (κ3) is 8.46. The van der Waals surface area contributed by atoms with Crippen LogP contribution in [0.25, 0.3) is 0 Å². The molecular weight excluding hydrogens is 240 g/mol. The van der Waals surface area contributed by atoms with Crippen molar-refractivity contribution < 1.29 is 14.7 Å². The van der Waals surface area contributed by atoms with Crippen molar-refractivity contribution in [3.63, 3.8) is 0 Å². The van der Waals surface area contributed by atoms with E-state index in [2.05, 4.69) is 22.5 Å². The Hall–Kier alpha value is -1.35. The van der Waals surface area contributed by atoms with Crippen LogP contribution < -0.4 is 10.6 Å². The number of nitrogens with one attached hydrogen (secondary N) is 2. The Morgan fingerprint density at radius 1 is 1.47 bits per heavy atom. The fourth-order valence-corrected chi connectivity index (χ4v) is 1.54. The number of aliphatic carboxylic acids is 1. The zero-order chi connectivity index (χ0) is 13.1. The van der Waals surface area contributed by atoms with Gasteiger partial charge in [0.25, 0.3) is 0 Å². The molecule has 1 atom stereocenters. The molecule has 5 nitrogen and oxygen atoms in total. The van der Waals surface area contributed by atoms with Crippen molar-refractivity contribution in [1.29, 1.82) is 0 Å². The van der Waals surface area contributed by atoms with Gasteiger partial charge in [-0.3, -0.25) is 0 Å². The lowest BCUT2D eigenvalue weighted by atomic mass is 10.2. The first-order chi connectivity index (χ1) is 8.11. The Morgan fingerprint density at radius 2 is 2.18 bits per heavy atom. The second-order valence-corrected chi connectivity index (χ2v) is 4.23. The summed E-state index contributed by atoms with van der Waals surface area (Å²) in [5, 5.41) is 13.9. The Balaban J connectivity index is 3.93. The van der Waals surface area contributed by atoms with Crippen molar-refractivity contribution in [1.82, 2.24) is 10.6 Å². The molecule has 0 aliphatic heterocycles. The number of hydrogen-bond donors (Lipinski definition) is 3. The molecule has 0 saturated heterocycles. The highest BCUT2D eigenvalue weighted by Gasteiger charge is 2.18. The first kappa shape index (κ1) is 15.7. The lowest BCUT2D eigenvalue weighted by Gasteiger charge is -2.14. The number of carbonyl (C=O) groups excluding carboxylic acids is 1. The van der Waals surface area contributed by atoms with Gasteiger partial charge in [0.05, 0.1) is 0 Å². The predicted molar refractivity (Wildman–Crippen MR) is 69.0 cm³/mol. The van der Waals surface area contributed by atoms with E-state index in [4.69, 9.17) is 5.11 Å². The zero-order valence-electron chi connectivity index (χ0n) is 10.1. The van der Waals surface area contributed by atoms with E-state index in [0.29, 0.717) is 25.1 Å². The molecule has 0 rings (SSSR count). The third-order valence-electron chi connectivity index (χ3n) is 1.93. The standard InChI is InChI=1S/C11H18N2O3S/c1-3-4-5-7-12-11(16)13-9(10(14)15)6-8-17-2/h9H,5-8H2,1-2H3,(H,14,15)(H2,12,13,16)/t9-/m1/s1. The lowest BCUT2D eigenvalue weighted by Crippen LogP contribution is -2.46. The summed E-state index contributed by atoms with van der Waals surface area (Å²) in [7, 11) is 0. The maximum atomic E-state index is 11.3. The molecule has 0 bridgehead atoms. The van der Waals surface area contributed by atoms with Gasteiger partial charge in [-0.25, -0.2) is 9.59 Å². The number of thioether (sulfide) groups is 1. The smallest absolute Gasteiger partial charge is 0.326 e. The number of carboxylic acid groups (broad SMARTS) is 1. The molecule has 0 unspecified atom stereocenters. The van der Waals surface area contributed by atoms with Crippen LogP contribution in [0.2, 0.25) is 0 Å². The van der Waals surface area contributed by atoms with Gasteiger partial charge >= 0.3 is 12.0 Å². The molecule has 0 saturated carbocycles. The average molecular weight is 258 g/mol. The van der Waals surface area contributed by atoms with E-state index in [1.165, 1.54) is 0 Å². The molecule has 6 heteroatoms. The van der Waals surface area contributed by atoms with Crippen LogP contribution in [0.1, 0.15) is 19.8 Å². The van der Waals surface area contributed by atoms with Gasteiger partial charge in [0.1, 0.15) is 6.04 Å². The number of urea groups is 1. The molecule has 96 valence electrons. The minimum absolute atomic E-state index is 0.415. The van der Waals surface area contributed by atoms with E-state index in [0.717, 1.165) is 0 Å². The molecule has 0 aliphatic carbocycles. The third-order valence-corrected chi connectivity index (χ3v) is 2.57. The van der Waals surface area contributed by atoms with Gasteiger partial charge in [0.15, 0.2) is 0 Å². The van der Waals surface area contributed by atoms with Gasteiger partial charge in [-0.05, 0) is 25.4 Å². The Kier molecular flexibility index (Phi) is 9.06. The molecule has 0 heterocycles. The summed E-state index contributed by atoms with van der Waals surface area (Å²) in [6.45, 7) is 2.14. The Bertz CT molecular complexity index is 310.